The second-order valence-corrected chi connectivity index (χ2v) is 6.62. The third kappa shape index (κ3) is 3.48. The zero-order valence-corrected chi connectivity index (χ0v) is 12.3. The molecule has 0 saturated heterocycles. The number of alkyl halides is 1. The fourth-order valence-electron chi connectivity index (χ4n) is 2.39. The van der Waals surface area contributed by atoms with E-state index >= 15 is 0 Å². The van der Waals surface area contributed by atoms with Crippen LogP contribution in [0.2, 0.25) is 0 Å². The first-order valence-corrected chi connectivity index (χ1v) is 7.97. The number of hydrogen-bond donors (Lipinski definition) is 1. The molecule has 0 bridgehead atoms. The van der Waals surface area contributed by atoms with Crippen LogP contribution in [0.5, 0.6) is 0 Å². The van der Waals surface area contributed by atoms with E-state index in [0.717, 1.165) is 24.1 Å². The number of halogens is 1. The minimum Gasteiger partial charge on any atom is -0.351 e. The van der Waals surface area contributed by atoms with E-state index in [1.807, 2.05) is 12.1 Å². The van der Waals surface area contributed by atoms with Crippen molar-refractivity contribution in [1.82, 2.24) is 5.32 Å². The lowest BCUT2D eigenvalue weighted by atomic mass is 9.89. The molecule has 1 aliphatic rings. The fourth-order valence-corrected chi connectivity index (χ4v) is 3.63. The summed E-state index contributed by atoms with van der Waals surface area (Å²) in [5, 5.41) is 3.25. The second kappa shape index (κ2) is 6.58. The fraction of sp³-hybridized carbons (Fsp3) is 0.643. The van der Waals surface area contributed by atoms with Crippen molar-refractivity contribution in [3.05, 3.63) is 21.9 Å². The Morgan fingerprint density at radius 2 is 2.22 bits per heavy atom. The van der Waals surface area contributed by atoms with Gasteiger partial charge in [0.05, 0.1) is 4.88 Å². The summed E-state index contributed by atoms with van der Waals surface area (Å²) in [7, 11) is 0. The Balaban J connectivity index is 1.84. The van der Waals surface area contributed by atoms with Crippen molar-refractivity contribution in [3.8, 4) is 0 Å². The molecule has 1 N–H and O–H groups in total. The molecule has 0 radical (unpaired) electrons. The number of aryl methyl sites for hydroxylation is 1. The van der Waals surface area contributed by atoms with E-state index in [0.29, 0.717) is 12.5 Å². The molecule has 1 aromatic heterocycles. The summed E-state index contributed by atoms with van der Waals surface area (Å²) in [4.78, 5) is 14.1. The van der Waals surface area contributed by atoms with Gasteiger partial charge in [0.25, 0.3) is 5.91 Å². The van der Waals surface area contributed by atoms with Crippen molar-refractivity contribution >= 4 is 28.8 Å². The van der Waals surface area contributed by atoms with Gasteiger partial charge in [0.1, 0.15) is 0 Å². The molecular weight excluding hydrogens is 266 g/mol. The zero-order valence-electron chi connectivity index (χ0n) is 10.7. The molecule has 0 spiro atoms. The molecule has 2 unspecified atom stereocenters. The summed E-state index contributed by atoms with van der Waals surface area (Å²) >= 11 is 7.87. The Kier molecular flexibility index (Phi) is 5.07. The van der Waals surface area contributed by atoms with Gasteiger partial charge in [-0.05, 0) is 37.3 Å². The number of nitrogens with one attached hydrogen (secondary N) is 1. The Labute approximate surface area is 118 Å². The quantitative estimate of drug-likeness (QED) is 0.837. The van der Waals surface area contributed by atoms with Crippen LogP contribution in [0.1, 0.15) is 47.2 Å². The van der Waals surface area contributed by atoms with Gasteiger partial charge in [-0.1, -0.05) is 19.8 Å². The zero-order chi connectivity index (χ0) is 13.0. The van der Waals surface area contributed by atoms with Crippen molar-refractivity contribution < 1.29 is 4.79 Å². The largest absolute Gasteiger partial charge is 0.351 e. The molecule has 2 rings (SSSR count). The summed E-state index contributed by atoms with van der Waals surface area (Å²) in [6, 6.07) is 3.95. The molecule has 1 fully saturated rings. The average Bonchev–Trinajstić information content (AvgIpc) is 2.86. The predicted octanol–water partition coefficient (Wildman–Crippen LogP) is 3.84. The number of hydrogen-bond acceptors (Lipinski definition) is 2. The smallest absolute Gasteiger partial charge is 0.261 e. The Bertz CT molecular complexity index is 404. The van der Waals surface area contributed by atoms with Gasteiger partial charge in [0.2, 0.25) is 0 Å². The van der Waals surface area contributed by atoms with E-state index in [1.165, 1.54) is 17.7 Å². The van der Waals surface area contributed by atoms with Gasteiger partial charge in [-0.15, -0.1) is 22.9 Å². The molecule has 2 nitrogen and oxygen atoms in total. The van der Waals surface area contributed by atoms with Gasteiger partial charge < -0.3 is 5.32 Å². The van der Waals surface area contributed by atoms with E-state index in [4.69, 9.17) is 11.6 Å². The Morgan fingerprint density at radius 1 is 1.44 bits per heavy atom. The maximum absolute atomic E-state index is 12.0. The molecule has 4 heteroatoms. The summed E-state index contributed by atoms with van der Waals surface area (Å²) in [6.45, 7) is 2.82. The lowest BCUT2D eigenvalue weighted by molar-refractivity contribution is 0.0948. The number of rotatable bonds is 4. The van der Waals surface area contributed by atoms with Crippen LogP contribution in [0.15, 0.2) is 12.1 Å². The summed E-state index contributed by atoms with van der Waals surface area (Å²) in [5.74, 6) is 0.490. The van der Waals surface area contributed by atoms with Gasteiger partial charge in [0, 0.05) is 16.8 Å². The minimum atomic E-state index is 0.0501. The summed E-state index contributed by atoms with van der Waals surface area (Å²) in [6.07, 6.45) is 5.68. The van der Waals surface area contributed by atoms with Crippen LogP contribution in [0.4, 0.5) is 0 Å². The molecule has 18 heavy (non-hydrogen) atoms. The van der Waals surface area contributed by atoms with Gasteiger partial charge in [-0.3, -0.25) is 4.79 Å². The number of amides is 1. The number of thiophene rings is 1. The van der Waals surface area contributed by atoms with E-state index in [1.54, 1.807) is 11.3 Å². The third-order valence-electron chi connectivity index (χ3n) is 3.58. The highest BCUT2D eigenvalue weighted by Gasteiger charge is 2.23. The van der Waals surface area contributed by atoms with E-state index in [2.05, 4.69) is 12.2 Å². The lowest BCUT2D eigenvalue weighted by Gasteiger charge is -2.26. The van der Waals surface area contributed by atoms with Gasteiger partial charge >= 0.3 is 0 Å². The first-order chi connectivity index (χ1) is 8.70. The van der Waals surface area contributed by atoms with Gasteiger partial charge in [0.15, 0.2) is 0 Å². The molecular formula is C14H20ClNOS. The molecule has 1 aliphatic carbocycles. The van der Waals surface area contributed by atoms with Gasteiger partial charge in [-0.25, -0.2) is 0 Å². The predicted molar refractivity (Wildman–Crippen MR) is 77.6 cm³/mol. The maximum Gasteiger partial charge on any atom is 0.261 e. The second-order valence-electron chi connectivity index (χ2n) is 4.89. The molecule has 1 aromatic rings. The van der Waals surface area contributed by atoms with Gasteiger partial charge in [-0.2, -0.15) is 0 Å². The Hall–Kier alpha value is -0.540. The van der Waals surface area contributed by atoms with Crippen LogP contribution < -0.4 is 5.32 Å². The van der Waals surface area contributed by atoms with Crippen molar-refractivity contribution in [3.63, 3.8) is 0 Å². The lowest BCUT2D eigenvalue weighted by Crippen LogP contribution is -2.34. The first kappa shape index (κ1) is 13.9. The highest BCUT2D eigenvalue weighted by Crippen LogP contribution is 2.28. The maximum atomic E-state index is 12.0. The monoisotopic (exact) mass is 285 g/mol. The van der Waals surface area contributed by atoms with Crippen LogP contribution >= 0.6 is 22.9 Å². The minimum absolute atomic E-state index is 0.0501. The van der Waals surface area contributed by atoms with Crippen LogP contribution in [0.3, 0.4) is 0 Å². The van der Waals surface area contributed by atoms with E-state index < -0.39 is 0 Å². The van der Waals surface area contributed by atoms with Crippen molar-refractivity contribution in [2.45, 2.75) is 44.4 Å². The molecule has 1 saturated carbocycles. The average molecular weight is 286 g/mol. The molecule has 1 amide bonds. The number of carbonyl (C=O) groups is 1. The van der Waals surface area contributed by atoms with Crippen LogP contribution in [-0.2, 0) is 6.42 Å². The molecule has 0 aromatic carbocycles. The van der Waals surface area contributed by atoms with Crippen molar-refractivity contribution in [2.24, 2.45) is 5.92 Å². The van der Waals surface area contributed by atoms with Crippen molar-refractivity contribution in [1.29, 1.82) is 0 Å². The highest BCUT2D eigenvalue weighted by molar-refractivity contribution is 7.14. The normalized spacial score (nSPS) is 23.9. The van der Waals surface area contributed by atoms with Crippen LogP contribution in [0, 0.1) is 5.92 Å². The number of carbonyl (C=O) groups excluding carboxylic acids is 1. The summed E-state index contributed by atoms with van der Waals surface area (Å²) in [5.41, 5.74) is 0. The topological polar surface area (TPSA) is 29.1 Å². The summed E-state index contributed by atoms with van der Waals surface area (Å²) < 4.78 is 0. The molecule has 0 aliphatic heterocycles. The van der Waals surface area contributed by atoms with Crippen LogP contribution in [0.25, 0.3) is 0 Å². The SMILES string of the molecule is CCc1ccc(C(=O)NCC2CCCCC2Cl)s1. The van der Waals surface area contributed by atoms with Crippen molar-refractivity contribution in [2.75, 3.05) is 6.54 Å². The molecule has 1 heterocycles. The Morgan fingerprint density at radius 3 is 2.89 bits per heavy atom. The van der Waals surface area contributed by atoms with E-state index in [-0.39, 0.29) is 11.3 Å². The standard InChI is InChI=1S/C14H20ClNOS/c1-2-11-7-8-13(18-11)14(17)16-9-10-5-3-4-6-12(10)15/h7-8,10,12H,2-6,9H2,1H3,(H,16,17). The first-order valence-electron chi connectivity index (χ1n) is 6.71. The molecule has 100 valence electrons. The molecule has 2 atom stereocenters. The van der Waals surface area contributed by atoms with Crippen LogP contribution in [-0.4, -0.2) is 17.8 Å². The van der Waals surface area contributed by atoms with E-state index in [9.17, 15) is 4.79 Å². The highest BCUT2D eigenvalue weighted by atomic mass is 35.5. The third-order valence-corrected chi connectivity index (χ3v) is 5.38.